The van der Waals surface area contributed by atoms with Crippen LogP contribution in [0.1, 0.15) is 6.92 Å². The van der Waals surface area contributed by atoms with E-state index in [0.717, 1.165) is 11.1 Å². The van der Waals surface area contributed by atoms with Crippen LogP contribution in [-0.2, 0) is 0 Å². The van der Waals surface area contributed by atoms with Gasteiger partial charge >= 0.3 is 0 Å². The van der Waals surface area contributed by atoms with E-state index in [-0.39, 0.29) is 0 Å². The number of aromatic nitrogens is 1. The van der Waals surface area contributed by atoms with Gasteiger partial charge in [-0.25, -0.2) is 0 Å². The molecule has 0 aliphatic heterocycles. The third-order valence-corrected chi connectivity index (χ3v) is 1.66. The molecule has 0 aromatic carbocycles. The highest BCUT2D eigenvalue weighted by Crippen LogP contribution is 2.20. The van der Waals surface area contributed by atoms with Gasteiger partial charge in [-0.15, -0.1) is 0 Å². The van der Waals surface area contributed by atoms with Gasteiger partial charge in [-0.2, -0.15) is 4.73 Å². The predicted molar refractivity (Wildman–Crippen MR) is 45.7 cm³/mol. The second-order valence-electron chi connectivity index (χ2n) is 2.45. The SMILES string of the molecule is CCOn1c(N)cc2occc21. The Morgan fingerprint density at radius 3 is 3.25 bits per heavy atom. The summed E-state index contributed by atoms with van der Waals surface area (Å²) in [5, 5.41) is 0. The molecular formula is C8H10N2O2. The van der Waals surface area contributed by atoms with Crippen molar-refractivity contribution in [1.29, 1.82) is 0 Å². The maximum atomic E-state index is 5.66. The summed E-state index contributed by atoms with van der Waals surface area (Å²) in [6.45, 7) is 2.49. The Labute approximate surface area is 69.5 Å². The number of hydrogen-bond donors (Lipinski definition) is 1. The van der Waals surface area contributed by atoms with Gasteiger partial charge in [0.05, 0.1) is 6.26 Å². The van der Waals surface area contributed by atoms with Gasteiger partial charge in [0.25, 0.3) is 0 Å². The van der Waals surface area contributed by atoms with Crippen LogP contribution in [-0.4, -0.2) is 11.3 Å². The fourth-order valence-electron chi connectivity index (χ4n) is 1.20. The number of nitrogen functional groups attached to an aromatic ring is 1. The monoisotopic (exact) mass is 166 g/mol. The predicted octanol–water partition coefficient (Wildman–Crippen LogP) is 1.26. The van der Waals surface area contributed by atoms with E-state index in [4.69, 9.17) is 15.0 Å². The van der Waals surface area contributed by atoms with Gasteiger partial charge in [0.15, 0.2) is 5.58 Å². The molecule has 2 heterocycles. The fraction of sp³-hybridized carbons (Fsp3) is 0.250. The molecule has 0 saturated heterocycles. The molecule has 0 aliphatic carbocycles. The Balaban J connectivity index is 2.59. The first-order valence-electron chi connectivity index (χ1n) is 3.80. The van der Waals surface area contributed by atoms with Crippen molar-refractivity contribution in [3.05, 3.63) is 18.4 Å². The molecule has 0 atom stereocenters. The lowest BCUT2D eigenvalue weighted by molar-refractivity contribution is 0.137. The summed E-state index contributed by atoms with van der Waals surface area (Å²) in [7, 11) is 0. The van der Waals surface area contributed by atoms with Crippen molar-refractivity contribution in [3.8, 4) is 0 Å². The van der Waals surface area contributed by atoms with Crippen molar-refractivity contribution < 1.29 is 9.25 Å². The number of rotatable bonds is 2. The summed E-state index contributed by atoms with van der Waals surface area (Å²) in [5.74, 6) is 0.561. The first kappa shape index (κ1) is 7.09. The minimum absolute atomic E-state index is 0.561. The molecular weight excluding hydrogens is 156 g/mol. The third kappa shape index (κ3) is 0.845. The molecule has 0 saturated carbocycles. The maximum Gasteiger partial charge on any atom is 0.157 e. The number of furan rings is 1. The minimum atomic E-state index is 0.561. The van der Waals surface area contributed by atoms with Crippen LogP contribution in [0.25, 0.3) is 11.1 Å². The molecule has 2 N–H and O–H groups in total. The molecule has 4 heteroatoms. The van der Waals surface area contributed by atoms with E-state index in [9.17, 15) is 0 Å². The van der Waals surface area contributed by atoms with Crippen molar-refractivity contribution in [2.45, 2.75) is 6.92 Å². The van der Waals surface area contributed by atoms with Crippen molar-refractivity contribution in [1.82, 2.24) is 4.73 Å². The molecule has 4 nitrogen and oxygen atoms in total. The zero-order valence-corrected chi connectivity index (χ0v) is 6.78. The van der Waals surface area contributed by atoms with Gasteiger partial charge in [-0.1, -0.05) is 0 Å². The molecule has 0 amide bonds. The van der Waals surface area contributed by atoms with Gasteiger partial charge in [0.1, 0.15) is 17.9 Å². The number of nitrogens with two attached hydrogens (primary N) is 1. The average molecular weight is 166 g/mol. The van der Waals surface area contributed by atoms with E-state index in [0.29, 0.717) is 12.4 Å². The second kappa shape index (κ2) is 2.48. The molecule has 64 valence electrons. The molecule has 0 unspecified atom stereocenters. The first-order valence-corrected chi connectivity index (χ1v) is 3.80. The van der Waals surface area contributed by atoms with Crippen molar-refractivity contribution in [2.24, 2.45) is 0 Å². The summed E-state index contributed by atoms with van der Waals surface area (Å²) in [5.41, 5.74) is 7.28. The van der Waals surface area contributed by atoms with Gasteiger partial charge < -0.3 is 15.0 Å². The number of anilines is 1. The van der Waals surface area contributed by atoms with Crippen molar-refractivity contribution >= 4 is 16.9 Å². The summed E-state index contributed by atoms with van der Waals surface area (Å²) in [6.07, 6.45) is 1.61. The molecule has 0 fully saturated rings. The number of hydrogen-bond acceptors (Lipinski definition) is 3. The van der Waals surface area contributed by atoms with E-state index in [2.05, 4.69) is 0 Å². The summed E-state index contributed by atoms with van der Waals surface area (Å²) < 4.78 is 6.71. The smallest absolute Gasteiger partial charge is 0.157 e. The standard InChI is InChI=1S/C8H10N2O2/c1-2-12-10-6-3-4-11-7(6)5-8(10)9/h3-5H,2,9H2,1H3. The molecule has 0 bridgehead atoms. The average Bonchev–Trinajstić information content (AvgIpc) is 2.56. The first-order chi connectivity index (χ1) is 5.83. The van der Waals surface area contributed by atoms with Crippen LogP contribution >= 0.6 is 0 Å². The van der Waals surface area contributed by atoms with Crippen molar-refractivity contribution in [2.75, 3.05) is 12.3 Å². The van der Waals surface area contributed by atoms with E-state index in [1.54, 1.807) is 17.1 Å². The van der Waals surface area contributed by atoms with Gasteiger partial charge in [-0.3, -0.25) is 0 Å². The zero-order chi connectivity index (χ0) is 8.55. The number of nitrogens with zero attached hydrogens (tertiary/aromatic N) is 1. The lowest BCUT2D eigenvalue weighted by Gasteiger charge is -2.05. The Morgan fingerprint density at radius 1 is 1.67 bits per heavy atom. The molecule has 0 aliphatic rings. The molecule has 2 aromatic rings. The van der Waals surface area contributed by atoms with Crippen LogP contribution in [0.5, 0.6) is 0 Å². The summed E-state index contributed by atoms with van der Waals surface area (Å²) in [4.78, 5) is 5.28. The quantitative estimate of drug-likeness (QED) is 0.730. The Morgan fingerprint density at radius 2 is 2.50 bits per heavy atom. The molecule has 2 aromatic heterocycles. The van der Waals surface area contributed by atoms with Crippen LogP contribution in [0.4, 0.5) is 5.82 Å². The van der Waals surface area contributed by atoms with E-state index >= 15 is 0 Å². The van der Waals surface area contributed by atoms with Gasteiger partial charge in [-0.05, 0) is 6.92 Å². The van der Waals surface area contributed by atoms with Crippen LogP contribution in [0, 0.1) is 0 Å². The highest BCUT2D eigenvalue weighted by molar-refractivity contribution is 5.78. The lowest BCUT2D eigenvalue weighted by atomic mass is 10.5. The highest BCUT2D eigenvalue weighted by Gasteiger charge is 2.08. The lowest BCUT2D eigenvalue weighted by Crippen LogP contribution is -2.12. The van der Waals surface area contributed by atoms with Crippen LogP contribution in [0.2, 0.25) is 0 Å². The van der Waals surface area contributed by atoms with Gasteiger partial charge in [0, 0.05) is 12.1 Å². The fourth-order valence-corrected chi connectivity index (χ4v) is 1.20. The zero-order valence-electron chi connectivity index (χ0n) is 6.78. The molecule has 0 spiro atoms. The molecule has 0 radical (unpaired) electrons. The molecule has 2 rings (SSSR count). The topological polar surface area (TPSA) is 53.3 Å². The third-order valence-electron chi connectivity index (χ3n) is 1.66. The largest absolute Gasteiger partial charge is 0.462 e. The number of fused-ring (bicyclic) bond motifs is 1. The Kier molecular flexibility index (Phi) is 1.46. The summed E-state index contributed by atoms with van der Waals surface area (Å²) >= 11 is 0. The minimum Gasteiger partial charge on any atom is -0.462 e. The van der Waals surface area contributed by atoms with E-state index in [1.165, 1.54) is 0 Å². The second-order valence-corrected chi connectivity index (χ2v) is 2.45. The van der Waals surface area contributed by atoms with Crippen LogP contribution in [0.3, 0.4) is 0 Å². The Bertz CT molecular complexity index is 389. The van der Waals surface area contributed by atoms with Crippen LogP contribution < -0.4 is 10.6 Å². The van der Waals surface area contributed by atoms with E-state index in [1.807, 2.05) is 13.0 Å². The van der Waals surface area contributed by atoms with E-state index < -0.39 is 0 Å². The van der Waals surface area contributed by atoms with Gasteiger partial charge in [0.2, 0.25) is 0 Å². The maximum absolute atomic E-state index is 5.66. The van der Waals surface area contributed by atoms with Crippen LogP contribution in [0.15, 0.2) is 22.8 Å². The highest BCUT2D eigenvalue weighted by atomic mass is 16.7. The normalized spacial score (nSPS) is 10.8. The summed E-state index contributed by atoms with van der Waals surface area (Å²) in [6, 6.07) is 3.56. The molecule has 12 heavy (non-hydrogen) atoms. The van der Waals surface area contributed by atoms with Crippen molar-refractivity contribution in [3.63, 3.8) is 0 Å². The Hall–Kier alpha value is -1.58.